The molecule has 4 aromatic rings. The maximum absolute atomic E-state index is 8.39. The molecule has 0 N–H and O–H groups in total. The molecule has 0 aromatic heterocycles. The van der Waals surface area contributed by atoms with Gasteiger partial charge in [-0.15, -0.1) is 10.5 Å². The largest absolute Gasteiger partial charge is 0.388 e. The average molecular weight is 404 g/mol. The third-order valence-electron chi connectivity index (χ3n) is 4.46. The smallest absolute Gasteiger partial charge is 0.292 e. The van der Waals surface area contributed by atoms with E-state index in [1.807, 2.05) is 36.4 Å². The monoisotopic (exact) mass is 404 g/mol. The summed E-state index contributed by atoms with van der Waals surface area (Å²) >= 11 is 0. The number of nitriles is 2. The van der Waals surface area contributed by atoms with E-state index >= 15 is 0 Å². The first-order valence-corrected chi connectivity index (χ1v) is 9.68. The van der Waals surface area contributed by atoms with E-state index in [0.717, 1.165) is 17.5 Å². The summed E-state index contributed by atoms with van der Waals surface area (Å²) in [5, 5.41) is 16.8. The molecule has 0 aliphatic rings. The number of hydrogen-bond acceptors (Lipinski definition) is 4. The Hall–Kier alpha value is -4.54. The van der Waals surface area contributed by atoms with Crippen LogP contribution in [0.2, 0.25) is 0 Å². The van der Waals surface area contributed by atoms with Crippen molar-refractivity contribution in [3.8, 4) is 35.1 Å². The Kier molecular flexibility index (Phi) is 7.83. The van der Waals surface area contributed by atoms with E-state index in [1.54, 1.807) is 36.8 Å². The summed E-state index contributed by atoms with van der Waals surface area (Å²) in [5.74, 6) is 1.06. The second-order valence-electron chi connectivity index (χ2n) is 6.58. The number of benzene rings is 4. The van der Waals surface area contributed by atoms with Crippen LogP contribution in [0.4, 0.5) is 0 Å². The average Bonchev–Trinajstić information content (AvgIpc) is 2.84. The lowest BCUT2D eigenvalue weighted by atomic mass is 10.0. The van der Waals surface area contributed by atoms with Gasteiger partial charge in [-0.05, 0) is 52.9 Å². The van der Waals surface area contributed by atoms with Crippen molar-refractivity contribution in [2.24, 2.45) is 0 Å². The number of rotatable bonds is 5. The second kappa shape index (κ2) is 11.5. The van der Waals surface area contributed by atoms with Gasteiger partial charge in [0.2, 0.25) is 0 Å². The van der Waals surface area contributed by atoms with Crippen LogP contribution in [0, 0.1) is 23.0 Å². The van der Waals surface area contributed by atoms with Gasteiger partial charge in [-0.2, -0.15) is 0 Å². The third-order valence-corrected chi connectivity index (χ3v) is 4.46. The van der Waals surface area contributed by atoms with Crippen molar-refractivity contribution in [3.63, 3.8) is 0 Å². The SMILES string of the molecule is N#COc1ccc(Cc2ccc(OC#N)cc2)cc1.c1ccc(-c2ccccc2)cc1. The van der Waals surface area contributed by atoms with E-state index in [1.165, 1.54) is 11.1 Å². The van der Waals surface area contributed by atoms with Gasteiger partial charge in [0.05, 0.1) is 0 Å². The highest BCUT2D eigenvalue weighted by molar-refractivity contribution is 5.62. The molecule has 0 fully saturated rings. The van der Waals surface area contributed by atoms with Crippen LogP contribution in [-0.2, 0) is 6.42 Å². The summed E-state index contributed by atoms with van der Waals surface area (Å²) in [6.45, 7) is 0. The Labute approximate surface area is 182 Å². The van der Waals surface area contributed by atoms with Gasteiger partial charge < -0.3 is 9.47 Å². The van der Waals surface area contributed by atoms with E-state index in [2.05, 4.69) is 48.5 Å². The molecule has 0 bridgehead atoms. The van der Waals surface area contributed by atoms with Crippen LogP contribution in [0.25, 0.3) is 11.1 Å². The van der Waals surface area contributed by atoms with E-state index < -0.39 is 0 Å². The highest BCUT2D eigenvalue weighted by Crippen LogP contribution is 2.18. The fourth-order valence-electron chi connectivity index (χ4n) is 2.95. The lowest BCUT2D eigenvalue weighted by Gasteiger charge is -2.03. The zero-order valence-electron chi connectivity index (χ0n) is 16.8. The van der Waals surface area contributed by atoms with Gasteiger partial charge in [0.15, 0.2) is 0 Å². The van der Waals surface area contributed by atoms with Crippen molar-refractivity contribution in [1.82, 2.24) is 0 Å². The quantitative estimate of drug-likeness (QED) is 0.364. The van der Waals surface area contributed by atoms with Gasteiger partial charge in [0.25, 0.3) is 12.5 Å². The van der Waals surface area contributed by atoms with Crippen molar-refractivity contribution in [2.75, 3.05) is 0 Å². The van der Waals surface area contributed by atoms with Crippen LogP contribution in [0.15, 0.2) is 109 Å². The summed E-state index contributed by atoms with van der Waals surface area (Å²) in [6.07, 6.45) is 4.03. The molecule has 0 aliphatic carbocycles. The molecule has 4 heteroatoms. The minimum atomic E-state index is 0.531. The van der Waals surface area contributed by atoms with Gasteiger partial charge in [-0.1, -0.05) is 84.9 Å². The van der Waals surface area contributed by atoms with Crippen LogP contribution >= 0.6 is 0 Å². The van der Waals surface area contributed by atoms with Crippen LogP contribution < -0.4 is 9.47 Å². The Morgan fingerprint density at radius 3 is 1.16 bits per heavy atom. The maximum Gasteiger partial charge on any atom is 0.292 e. The summed E-state index contributed by atoms with van der Waals surface area (Å²) in [6, 6.07) is 35.4. The Morgan fingerprint density at radius 2 is 0.839 bits per heavy atom. The van der Waals surface area contributed by atoms with Crippen LogP contribution in [0.3, 0.4) is 0 Å². The van der Waals surface area contributed by atoms with E-state index in [0.29, 0.717) is 11.5 Å². The number of ether oxygens (including phenoxy) is 2. The molecule has 4 nitrogen and oxygen atoms in total. The Bertz CT molecular complexity index is 1050. The maximum atomic E-state index is 8.39. The normalized spacial score (nSPS) is 9.35. The molecule has 31 heavy (non-hydrogen) atoms. The van der Waals surface area contributed by atoms with Gasteiger partial charge in [0.1, 0.15) is 11.5 Å². The van der Waals surface area contributed by atoms with Gasteiger partial charge in [0, 0.05) is 0 Å². The predicted molar refractivity (Wildman–Crippen MR) is 120 cm³/mol. The molecular weight excluding hydrogens is 384 g/mol. The first kappa shape index (κ1) is 21.2. The van der Waals surface area contributed by atoms with E-state index in [-0.39, 0.29) is 0 Å². The first-order valence-electron chi connectivity index (χ1n) is 9.68. The van der Waals surface area contributed by atoms with Crippen molar-refractivity contribution in [3.05, 3.63) is 120 Å². The molecule has 4 aromatic carbocycles. The fourth-order valence-corrected chi connectivity index (χ4v) is 2.95. The molecule has 0 aliphatic heterocycles. The van der Waals surface area contributed by atoms with Crippen LogP contribution in [-0.4, -0.2) is 0 Å². The molecule has 0 amide bonds. The molecule has 0 saturated carbocycles. The number of nitrogens with zero attached hydrogens (tertiary/aromatic N) is 2. The zero-order valence-corrected chi connectivity index (χ0v) is 16.8. The summed E-state index contributed by atoms with van der Waals surface area (Å²) < 4.78 is 9.42. The van der Waals surface area contributed by atoms with Crippen molar-refractivity contribution >= 4 is 0 Å². The molecule has 0 unspecified atom stereocenters. The second-order valence-corrected chi connectivity index (χ2v) is 6.58. The van der Waals surface area contributed by atoms with Gasteiger partial charge in [-0.25, -0.2) is 0 Å². The molecule has 0 heterocycles. The minimum absolute atomic E-state index is 0.531. The zero-order chi connectivity index (χ0) is 21.7. The highest BCUT2D eigenvalue weighted by Gasteiger charge is 1.99. The molecule has 0 spiro atoms. The summed E-state index contributed by atoms with van der Waals surface area (Å²) in [7, 11) is 0. The topological polar surface area (TPSA) is 66.0 Å². The standard InChI is InChI=1S/C15H10N2O2.C12H10/c16-10-18-14-5-1-12(2-6-14)9-13-3-7-15(8-4-13)19-11-17;1-3-7-11(8-4-1)12-9-5-2-6-10-12/h1-8H,9H2;1-10H. The van der Waals surface area contributed by atoms with Gasteiger partial charge in [-0.3, -0.25) is 0 Å². The Balaban J connectivity index is 0.000000194. The van der Waals surface area contributed by atoms with Gasteiger partial charge >= 0.3 is 0 Å². The first-order chi connectivity index (χ1) is 15.3. The molecule has 0 atom stereocenters. The van der Waals surface area contributed by atoms with Crippen molar-refractivity contribution < 1.29 is 9.47 Å². The number of hydrogen-bond donors (Lipinski definition) is 0. The third kappa shape index (κ3) is 6.78. The predicted octanol–water partition coefficient (Wildman–Crippen LogP) is 6.35. The summed E-state index contributed by atoms with van der Waals surface area (Å²) in [5.41, 5.74) is 4.77. The van der Waals surface area contributed by atoms with Crippen LogP contribution in [0.1, 0.15) is 11.1 Å². The lowest BCUT2D eigenvalue weighted by molar-refractivity contribution is 0.507. The van der Waals surface area contributed by atoms with Crippen molar-refractivity contribution in [1.29, 1.82) is 10.5 Å². The van der Waals surface area contributed by atoms with Crippen molar-refractivity contribution in [2.45, 2.75) is 6.42 Å². The highest BCUT2D eigenvalue weighted by atomic mass is 16.5. The Morgan fingerprint density at radius 1 is 0.484 bits per heavy atom. The molecule has 4 rings (SSSR count). The van der Waals surface area contributed by atoms with Crippen LogP contribution in [0.5, 0.6) is 11.5 Å². The molecular formula is C27H20N2O2. The molecule has 0 saturated heterocycles. The lowest BCUT2D eigenvalue weighted by Crippen LogP contribution is -1.89. The van der Waals surface area contributed by atoms with E-state index in [4.69, 9.17) is 20.0 Å². The fraction of sp³-hybridized carbons (Fsp3) is 0.0370. The minimum Gasteiger partial charge on any atom is -0.388 e. The summed E-state index contributed by atoms with van der Waals surface area (Å²) in [4.78, 5) is 0. The van der Waals surface area contributed by atoms with E-state index in [9.17, 15) is 0 Å². The molecule has 150 valence electrons. The molecule has 0 radical (unpaired) electrons.